The van der Waals surface area contributed by atoms with Crippen molar-refractivity contribution in [3.63, 3.8) is 0 Å². The molecule has 3 rings (SSSR count). The summed E-state index contributed by atoms with van der Waals surface area (Å²) in [5.41, 5.74) is 0.731. The zero-order valence-electron chi connectivity index (χ0n) is 14.9. The van der Waals surface area contributed by atoms with E-state index in [4.69, 9.17) is 16.7 Å². The highest BCUT2D eigenvalue weighted by Gasteiger charge is 2.24. The number of carboxylic acid groups (broad SMARTS) is 1. The maximum atomic E-state index is 13.0. The third-order valence-corrected chi connectivity index (χ3v) is 7.74. The van der Waals surface area contributed by atoms with Crippen molar-refractivity contribution >= 4 is 73.4 Å². The maximum Gasteiger partial charge on any atom is 0.328 e. The van der Waals surface area contributed by atoms with Gasteiger partial charge in [-0.2, -0.15) is 0 Å². The summed E-state index contributed by atoms with van der Waals surface area (Å²) in [6, 6.07) is 5.20. The van der Waals surface area contributed by atoms with Gasteiger partial charge in [0.25, 0.3) is 0 Å². The lowest BCUT2D eigenvalue weighted by Gasteiger charge is -2.26. The van der Waals surface area contributed by atoms with Crippen molar-refractivity contribution < 1.29 is 14.7 Å². The normalized spacial score (nSPS) is 14.2. The van der Waals surface area contributed by atoms with Gasteiger partial charge in [0.15, 0.2) is 5.13 Å². The SMILES string of the molecule is O=C(O)CSc1cnc(NC(=O)N(CC2CCCC2)c2ccc(Br)c(Cl)c2)s1. The molecule has 0 atom stereocenters. The van der Waals surface area contributed by atoms with E-state index in [1.165, 1.54) is 35.9 Å². The number of thiazole rings is 1. The lowest BCUT2D eigenvalue weighted by molar-refractivity contribution is -0.133. The molecule has 150 valence electrons. The van der Waals surface area contributed by atoms with Gasteiger partial charge in [-0.25, -0.2) is 9.78 Å². The molecule has 1 fully saturated rings. The van der Waals surface area contributed by atoms with Crippen molar-refractivity contribution in [2.75, 3.05) is 22.5 Å². The Kier molecular flexibility index (Phi) is 7.62. The van der Waals surface area contributed by atoms with Crippen LogP contribution in [0.25, 0.3) is 0 Å². The molecule has 6 nitrogen and oxygen atoms in total. The number of benzene rings is 1. The molecule has 1 aliphatic carbocycles. The van der Waals surface area contributed by atoms with E-state index in [1.807, 2.05) is 12.1 Å². The van der Waals surface area contributed by atoms with E-state index >= 15 is 0 Å². The molecule has 2 amide bonds. The van der Waals surface area contributed by atoms with Crippen LogP contribution in [0.1, 0.15) is 25.7 Å². The zero-order valence-corrected chi connectivity index (χ0v) is 18.8. The van der Waals surface area contributed by atoms with Crippen molar-refractivity contribution in [1.82, 2.24) is 4.98 Å². The predicted octanol–water partition coefficient (Wildman–Crippen LogP) is 5.96. The molecule has 0 spiro atoms. The largest absolute Gasteiger partial charge is 0.481 e. The van der Waals surface area contributed by atoms with Crippen molar-refractivity contribution in [3.05, 3.63) is 33.9 Å². The lowest BCUT2D eigenvalue weighted by atomic mass is 10.1. The first-order valence-corrected chi connectivity index (χ1v) is 11.7. The molecule has 0 bridgehead atoms. The van der Waals surface area contributed by atoms with Gasteiger partial charge in [0.05, 0.1) is 21.2 Å². The Morgan fingerprint density at radius 1 is 1.39 bits per heavy atom. The van der Waals surface area contributed by atoms with Crippen LogP contribution in [0.4, 0.5) is 15.6 Å². The van der Waals surface area contributed by atoms with Gasteiger partial charge < -0.3 is 5.11 Å². The first-order chi connectivity index (χ1) is 13.4. The second-order valence-electron chi connectivity index (χ2n) is 6.46. The van der Waals surface area contributed by atoms with Crippen LogP contribution in [-0.4, -0.2) is 34.4 Å². The van der Waals surface area contributed by atoms with E-state index in [0.717, 1.165) is 27.2 Å². The molecule has 2 N–H and O–H groups in total. The van der Waals surface area contributed by atoms with E-state index in [2.05, 4.69) is 26.2 Å². The number of nitrogens with one attached hydrogen (secondary N) is 1. The van der Waals surface area contributed by atoms with Gasteiger partial charge in [-0.3, -0.25) is 15.0 Å². The second kappa shape index (κ2) is 9.96. The standard InChI is InChI=1S/C18H19BrClN3O3S2/c19-13-6-5-12(7-14(13)20)23(9-11-3-1-2-4-11)18(26)22-17-21-8-16(28-17)27-10-15(24)25/h5-8,11H,1-4,9-10H2,(H,24,25)(H,21,22,26). The van der Waals surface area contributed by atoms with Crippen LogP contribution >= 0.6 is 50.6 Å². The number of aromatic nitrogens is 1. The van der Waals surface area contributed by atoms with Crippen LogP contribution in [0.2, 0.25) is 5.02 Å². The Morgan fingerprint density at radius 3 is 2.82 bits per heavy atom. The molecule has 0 aliphatic heterocycles. The van der Waals surface area contributed by atoms with Gasteiger partial charge in [-0.05, 0) is 52.9 Å². The van der Waals surface area contributed by atoms with Gasteiger partial charge in [0.2, 0.25) is 0 Å². The van der Waals surface area contributed by atoms with Crippen molar-refractivity contribution in [1.29, 1.82) is 0 Å². The van der Waals surface area contributed by atoms with Gasteiger partial charge >= 0.3 is 12.0 Å². The van der Waals surface area contributed by atoms with Crippen LogP contribution in [0, 0.1) is 5.92 Å². The van der Waals surface area contributed by atoms with Crippen LogP contribution in [-0.2, 0) is 4.79 Å². The molecule has 1 aromatic carbocycles. The van der Waals surface area contributed by atoms with Gasteiger partial charge in [0, 0.05) is 16.7 Å². The van der Waals surface area contributed by atoms with Gasteiger partial charge in [-0.1, -0.05) is 35.8 Å². The minimum Gasteiger partial charge on any atom is -0.481 e. The van der Waals surface area contributed by atoms with Gasteiger partial charge in [0.1, 0.15) is 0 Å². The monoisotopic (exact) mass is 503 g/mol. The number of carbonyl (C=O) groups is 2. The number of halogens is 2. The summed E-state index contributed by atoms with van der Waals surface area (Å²) in [7, 11) is 0. The molecule has 1 saturated carbocycles. The molecule has 1 aromatic heterocycles. The quantitative estimate of drug-likeness (QED) is 0.454. The molecule has 2 aromatic rings. The Morgan fingerprint density at radius 2 is 2.14 bits per heavy atom. The smallest absolute Gasteiger partial charge is 0.328 e. The number of aliphatic carboxylic acids is 1. The molecule has 1 aliphatic rings. The molecule has 0 radical (unpaired) electrons. The van der Waals surface area contributed by atoms with Crippen LogP contribution in [0.3, 0.4) is 0 Å². The fraction of sp³-hybridized carbons (Fsp3) is 0.389. The summed E-state index contributed by atoms with van der Waals surface area (Å²) in [5, 5.41) is 12.6. The zero-order chi connectivity index (χ0) is 20.1. The number of amides is 2. The summed E-state index contributed by atoms with van der Waals surface area (Å²) >= 11 is 12.1. The van der Waals surface area contributed by atoms with E-state index in [-0.39, 0.29) is 11.8 Å². The van der Waals surface area contributed by atoms with E-state index < -0.39 is 5.97 Å². The number of urea groups is 1. The summed E-state index contributed by atoms with van der Waals surface area (Å²) < 4.78 is 1.52. The molecular formula is C18H19BrClN3O3S2. The highest BCUT2D eigenvalue weighted by atomic mass is 79.9. The summed E-state index contributed by atoms with van der Waals surface area (Å²) in [6.07, 6.45) is 6.18. The third kappa shape index (κ3) is 5.85. The topological polar surface area (TPSA) is 82.5 Å². The first-order valence-electron chi connectivity index (χ1n) is 8.76. The average Bonchev–Trinajstić information content (AvgIpc) is 3.32. The molecule has 1 heterocycles. The van der Waals surface area contributed by atoms with Crippen LogP contribution < -0.4 is 10.2 Å². The Hall–Kier alpha value is -1.29. The van der Waals surface area contributed by atoms with E-state index in [9.17, 15) is 9.59 Å². The number of nitrogens with zero attached hydrogens (tertiary/aromatic N) is 2. The molecule has 10 heteroatoms. The van der Waals surface area contributed by atoms with Crippen molar-refractivity contribution in [3.8, 4) is 0 Å². The van der Waals surface area contributed by atoms with Crippen molar-refractivity contribution in [2.45, 2.75) is 29.9 Å². The molecule has 0 saturated heterocycles. The number of anilines is 2. The minimum atomic E-state index is -0.890. The molecular weight excluding hydrogens is 486 g/mol. The number of hydrogen-bond donors (Lipinski definition) is 2. The minimum absolute atomic E-state index is 0.0409. The summed E-state index contributed by atoms with van der Waals surface area (Å²) in [5.74, 6) is -0.467. The number of thioether (sulfide) groups is 1. The lowest BCUT2D eigenvalue weighted by Crippen LogP contribution is -2.38. The maximum absolute atomic E-state index is 13.0. The predicted molar refractivity (Wildman–Crippen MR) is 118 cm³/mol. The van der Waals surface area contributed by atoms with Crippen molar-refractivity contribution in [2.24, 2.45) is 5.92 Å². The highest BCUT2D eigenvalue weighted by Crippen LogP contribution is 2.32. The van der Waals surface area contributed by atoms with Crippen LogP contribution in [0.5, 0.6) is 0 Å². The molecule has 0 unspecified atom stereocenters. The number of rotatable bonds is 7. The Balaban J connectivity index is 1.74. The number of carbonyl (C=O) groups excluding carboxylic acids is 1. The molecule has 28 heavy (non-hydrogen) atoms. The van der Waals surface area contributed by atoms with E-state index in [1.54, 1.807) is 17.2 Å². The fourth-order valence-corrected chi connectivity index (χ4v) is 5.09. The third-order valence-electron chi connectivity index (χ3n) is 4.41. The average molecular weight is 505 g/mol. The summed E-state index contributed by atoms with van der Waals surface area (Å²) in [4.78, 5) is 29.6. The second-order valence-corrected chi connectivity index (χ2v) is 10.0. The van der Waals surface area contributed by atoms with Gasteiger partial charge in [-0.15, -0.1) is 11.8 Å². The first kappa shape index (κ1) is 21.4. The van der Waals surface area contributed by atoms with E-state index in [0.29, 0.717) is 22.6 Å². The highest BCUT2D eigenvalue weighted by molar-refractivity contribution is 9.10. The number of carboxylic acids is 1. The Bertz CT molecular complexity index is 858. The van der Waals surface area contributed by atoms with Crippen LogP contribution in [0.15, 0.2) is 33.1 Å². The fourth-order valence-electron chi connectivity index (χ4n) is 3.09. The summed E-state index contributed by atoms with van der Waals surface area (Å²) in [6.45, 7) is 0.621. The Labute approximate surface area is 184 Å². The number of hydrogen-bond acceptors (Lipinski definition) is 5.